The van der Waals surface area contributed by atoms with E-state index in [2.05, 4.69) is 0 Å². The SMILES string of the molecule is O=C(CC1(c2ccc(F)cc2)CC2CCC1C2)N1CC(O)C1. The summed E-state index contributed by atoms with van der Waals surface area (Å²) in [5, 5.41) is 9.41. The van der Waals surface area contributed by atoms with Gasteiger partial charge in [0.25, 0.3) is 0 Å². The number of halogens is 1. The highest BCUT2D eigenvalue weighted by atomic mass is 19.1. The normalized spacial score (nSPS) is 34.0. The summed E-state index contributed by atoms with van der Waals surface area (Å²) in [6.45, 7) is 0.929. The van der Waals surface area contributed by atoms with E-state index in [1.165, 1.54) is 31.4 Å². The van der Waals surface area contributed by atoms with Crippen LogP contribution in [0.2, 0.25) is 0 Å². The predicted octanol–water partition coefficient (Wildman–Crippen LogP) is 2.48. The van der Waals surface area contributed by atoms with Crippen LogP contribution in [0.1, 0.15) is 37.7 Å². The number of amides is 1. The number of rotatable bonds is 3. The van der Waals surface area contributed by atoms with E-state index in [-0.39, 0.29) is 23.2 Å². The molecule has 1 heterocycles. The van der Waals surface area contributed by atoms with Gasteiger partial charge in [0.15, 0.2) is 0 Å². The number of fused-ring (bicyclic) bond motifs is 2. The molecule has 1 aromatic carbocycles. The van der Waals surface area contributed by atoms with Gasteiger partial charge in [-0.15, -0.1) is 0 Å². The lowest BCUT2D eigenvalue weighted by atomic mass is 9.66. The van der Waals surface area contributed by atoms with Gasteiger partial charge in [0, 0.05) is 24.9 Å². The highest BCUT2D eigenvalue weighted by Gasteiger charge is 2.53. The molecule has 3 atom stereocenters. The van der Waals surface area contributed by atoms with E-state index in [4.69, 9.17) is 0 Å². The van der Waals surface area contributed by atoms with Crippen LogP contribution in [0.5, 0.6) is 0 Å². The Labute approximate surface area is 130 Å². The second-order valence-electron chi connectivity index (χ2n) is 7.37. The number of hydrogen-bond acceptors (Lipinski definition) is 2. The van der Waals surface area contributed by atoms with Crippen LogP contribution in [0.3, 0.4) is 0 Å². The minimum Gasteiger partial charge on any atom is -0.389 e. The monoisotopic (exact) mass is 303 g/mol. The molecule has 2 aliphatic carbocycles. The van der Waals surface area contributed by atoms with Crippen LogP contribution in [0, 0.1) is 17.7 Å². The molecule has 3 fully saturated rings. The van der Waals surface area contributed by atoms with Gasteiger partial charge >= 0.3 is 0 Å². The van der Waals surface area contributed by atoms with Crippen molar-refractivity contribution in [3.8, 4) is 0 Å². The Morgan fingerprint density at radius 2 is 2.00 bits per heavy atom. The number of aliphatic hydroxyl groups excluding tert-OH is 1. The fourth-order valence-electron chi connectivity index (χ4n) is 4.94. The summed E-state index contributed by atoms with van der Waals surface area (Å²) in [7, 11) is 0. The Bertz CT molecular complexity index is 581. The van der Waals surface area contributed by atoms with E-state index in [0.29, 0.717) is 31.3 Å². The molecule has 4 rings (SSSR count). The number of aliphatic hydroxyl groups is 1. The molecule has 2 bridgehead atoms. The van der Waals surface area contributed by atoms with Crippen LogP contribution in [-0.4, -0.2) is 35.1 Å². The first-order valence-corrected chi connectivity index (χ1v) is 8.29. The van der Waals surface area contributed by atoms with E-state index < -0.39 is 0 Å². The molecule has 3 aliphatic rings. The van der Waals surface area contributed by atoms with Gasteiger partial charge in [0.05, 0.1) is 6.10 Å². The van der Waals surface area contributed by atoms with Gasteiger partial charge in [-0.3, -0.25) is 4.79 Å². The van der Waals surface area contributed by atoms with Crippen molar-refractivity contribution >= 4 is 5.91 Å². The summed E-state index contributed by atoms with van der Waals surface area (Å²) in [6.07, 6.45) is 4.85. The van der Waals surface area contributed by atoms with Crippen molar-refractivity contribution in [3.63, 3.8) is 0 Å². The summed E-state index contributed by atoms with van der Waals surface area (Å²) in [5.74, 6) is 1.17. The quantitative estimate of drug-likeness (QED) is 0.932. The topological polar surface area (TPSA) is 40.5 Å². The smallest absolute Gasteiger partial charge is 0.223 e. The number of carbonyl (C=O) groups is 1. The summed E-state index contributed by atoms with van der Waals surface area (Å²) in [5.41, 5.74) is 1.00. The minimum atomic E-state index is -0.356. The second kappa shape index (κ2) is 5.05. The van der Waals surface area contributed by atoms with Crippen molar-refractivity contribution in [2.24, 2.45) is 11.8 Å². The maximum atomic E-state index is 13.3. The van der Waals surface area contributed by atoms with Gasteiger partial charge in [0.1, 0.15) is 5.82 Å². The summed E-state index contributed by atoms with van der Waals surface area (Å²) >= 11 is 0. The van der Waals surface area contributed by atoms with E-state index in [0.717, 1.165) is 12.0 Å². The fourth-order valence-corrected chi connectivity index (χ4v) is 4.94. The van der Waals surface area contributed by atoms with Crippen LogP contribution in [0.15, 0.2) is 24.3 Å². The lowest BCUT2D eigenvalue weighted by Crippen LogP contribution is -2.55. The Hall–Kier alpha value is -1.42. The largest absolute Gasteiger partial charge is 0.389 e. The molecule has 1 aromatic rings. The lowest BCUT2D eigenvalue weighted by Gasteiger charge is -2.42. The molecule has 3 nitrogen and oxygen atoms in total. The standard InChI is InChI=1S/C18H22FNO2/c19-15-5-3-13(4-6-15)18(8-12-1-2-14(18)7-12)9-17(22)20-10-16(21)11-20/h3-6,12,14,16,21H,1-2,7-11H2. The van der Waals surface area contributed by atoms with Gasteiger partial charge in [-0.05, 0) is 48.8 Å². The van der Waals surface area contributed by atoms with Crippen LogP contribution < -0.4 is 0 Å². The molecular weight excluding hydrogens is 281 g/mol. The van der Waals surface area contributed by atoms with Gasteiger partial charge in [0.2, 0.25) is 5.91 Å². The van der Waals surface area contributed by atoms with Crippen LogP contribution in [-0.2, 0) is 10.2 Å². The van der Waals surface area contributed by atoms with Crippen molar-refractivity contribution in [3.05, 3.63) is 35.6 Å². The van der Waals surface area contributed by atoms with Gasteiger partial charge in [-0.2, -0.15) is 0 Å². The zero-order valence-corrected chi connectivity index (χ0v) is 12.7. The van der Waals surface area contributed by atoms with Gasteiger partial charge in [-0.25, -0.2) is 4.39 Å². The molecule has 0 spiro atoms. The number of benzene rings is 1. The van der Waals surface area contributed by atoms with Crippen LogP contribution in [0.25, 0.3) is 0 Å². The van der Waals surface area contributed by atoms with Crippen molar-refractivity contribution in [2.75, 3.05) is 13.1 Å². The van der Waals surface area contributed by atoms with E-state index >= 15 is 0 Å². The number of β-amino-alcohol motifs (C(OH)–C–C–N with tert-alkyl or cyclic N) is 1. The fraction of sp³-hybridized carbons (Fsp3) is 0.611. The Balaban J connectivity index is 1.62. The van der Waals surface area contributed by atoms with Gasteiger partial charge in [-0.1, -0.05) is 18.6 Å². The molecule has 3 unspecified atom stereocenters. The van der Waals surface area contributed by atoms with E-state index in [9.17, 15) is 14.3 Å². The highest BCUT2D eigenvalue weighted by Crippen LogP contribution is 2.58. The summed E-state index contributed by atoms with van der Waals surface area (Å²) in [6, 6.07) is 6.77. The summed E-state index contributed by atoms with van der Waals surface area (Å²) in [4.78, 5) is 14.3. The first-order chi connectivity index (χ1) is 10.6. The third-order valence-electron chi connectivity index (χ3n) is 6.08. The first-order valence-electron chi connectivity index (χ1n) is 8.29. The highest BCUT2D eigenvalue weighted by molar-refractivity contribution is 5.79. The molecule has 118 valence electrons. The maximum Gasteiger partial charge on any atom is 0.223 e. The molecule has 1 amide bonds. The molecule has 0 aromatic heterocycles. The zero-order chi connectivity index (χ0) is 15.3. The molecule has 0 radical (unpaired) electrons. The molecule has 1 aliphatic heterocycles. The zero-order valence-electron chi connectivity index (χ0n) is 12.7. The third kappa shape index (κ3) is 2.16. The van der Waals surface area contributed by atoms with Gasteiger partial charge < -0.3 is 10.0 Å². The summed E-state index contributed by atoms with van der Waals surface area (Å²) < 4.78 is 13.3. The lowest BCUT2D eigenvalue weighted by molar-refractivity contribution is -0.143. The number of hydrogen-bond donors (Lipinski definition) is 1. The third-order valence-corrected chi connectivity index (χ3v) is 6.08. The average molecular weight is 303 g/mol. The van der Waals surface area contributed by atoms with E-state index in [1.54, 1.807) is 4.90 Å². The molecule has 1 N–H and O–H groups in total. The predicted molar refractivity (Wildman–Crippen MR) is 80.7 cm³/mol. The molecule has 2 saturated carbocycles. The minimum absolute atomic E-state index is 0.117. The van der Waals surface area contributed by atoms with Crippen LogP contribution in [0.4, 0.5) is 4.39 Å². The van der Waals surface area contributed by atoms with Crippen molar-refractivity contribution in [1.29, 1.82) is 0 Å². The Morgan fingerprint density at radius 1 is 1.27 bits per heavy atom. The Morgan fingerprint density at radius 3 is 2.55 bits per heavy atom. The maximum absolute atomic E-state index is 13.3. The molecular formula is C18H22FNO2. The first kappa shape index (κ1) is 14.2. The molecule has 4 heteroatoms. The van der Waals surface area contributed by atoms with Crippen molar-refractivity contribution < 1.29 is 14.3 Å². The second-order valence-corrected chi connectivity index (χ2v) is 7.37. The number of carbonyl (C=O) groups excluding carboxylic acids is 1. The molecule has 22 heavy (non-hydrogen) atoms. The van der Waals surface area contributed by atoms with E-state index in [1.807, 2.05) is 12.1 Å². The average Bonchev–Trinajstić information content (AvgIpc) is 3.05. The number of likely N-dealkylation sites (tertiary alicyclic amines) is 1. The molecule has 1 saturated heterocycles. The van der Waals surface area contributed by atoms with Crippen LogP contribution >= 0.6 is 0 Å². The number of nitrogens with zero attached hydrogens (tertiary/aromatic N) is 1. The Kier molecular flexibility index (Phi) is 3.26. The van der Waals surface area contributed by atoms with Crippen molar-refractivity contribution in [1.82, 2.24) is 4.90 Å². The van der Waals surface area contributed by atoms with Crippen molar-refractivity contribution in [2.45, 2.75) is 43.6 Å².